The summed E-state index contributed by atoms with van der Waals surface area (Å²) in [6.07, 6.45) is 7.86. The molecule has 1 aliphatic carbocycles. The van der Waals surface area contributed by atoms with Crippen molar-refractivity contribution in [3.63, 3.8) is 0 Å². The van der Waals surface area contributed by atoms with Crippen molar-refractivity contribution in [2.24, 2.45) is 0 Å². The van der Waals surface area contributed by atoms with Gasteiger partial charge < -0.3 is 14.2 Å². The predicted octanol–water partition coefficient (Wildman–Crippen LogP) is 2.82. The first-order valence-electron chi connectivity index (χ1n) is 5.79. The first kappa shape index (κ1) is 13.2. The zero-order chi connectivity index (χ0) is 13.0. The second-order valence-electron chi connectivity index (χ2n) is 3.94. The Kier molecular flexibility index (Phi) is 4.48. The van der Waals surface area contributed by atoms with Gasteiger partial charge in [-0.05, 0) is 37.0 Å². The predicted molar refractivity (Wildman–Crippen MR) is 69.7 cm³/mol. The van der Waals surface area contributed by atoms with E-state index in [0.717, 1.165) is 29.6 Å². The molecule has 1 saturated carbocycles. The molecule has 0 aliphatic heterocycles. The Bertz CT molecular complexity index is 381. The van der Waals surface area contributed by atoms with E-state index in [1.807, 2.05) is 24.6 Å². The van der Waals surface area contributed by atoms with Gasteiger partial charge in [-0.15, -0.1) is 0 Å². The summed E-state index contributed by atoms with van der Waals surface area (Å²) >= 11 is 0. The van der Waals surface area contributed by atoms with Crippen LogP contribution in [0.2, 0.25) is 0 Å². The van der Waals surface area contributed by atoms with Gasteiger partial charge >= 0.3 is 0 Å². The number of benzene rings is 1. The largest absolute Gasteiger partial charge is 0.493 e. The molecule has 18 heavy (non-hydrogen) atoms. The molecule has 1 aliphatic rings. The summed E-state index contributed by atoms with van der Waals surface area (Å²) in [5, 5.41) is 0. The molecule has 3 heteroatoms. The van der Waals surface area contributed by atoms with Crippen LogP contribution in [0.1, 0.15) is 12.0 Å². The van der Waals surface area contributed by atoms with Crippen LogP contribution in [0.4, 0.5) is 0 Å². The Morgan fingerprint density at radius 1 is 0.889 bits per heavy atom. The lowest BCUT2D eigenvalue weighted by atomic mass is 9.82. The Morgan fingerprint density at radius 3 is 2.22 bits per heavy atom. The maximum absolute atomic E-state index is 5.31. The van der Waals surface area contributed by atoms with Crippen molar-refractivity contribution in [2.45, 2.75) is 6.42 Å². The number of hydrogen-bond donors (Lipinski definition) is 0. The quantitative estimate of drug-likeness (QED) is 0.816. The number of hydrogen-bond acceptors (Lipinski definition) is 3. The lowest BCUT2D eigenvalue weighted by Crippen LogP contribution is -2.15. The second kappa shape index (κ2) is 6.10. The van der Waals surface area contributed by atoms with Crippen molar-refractivity contribution in [3.8, 4) is 11.5 Å². The normalized spacial score (nSPS) is 17.7. The Balaban J connectivity index is 2.09. The van der Waals surface area contributed by atoms with Crippen LogP contribution in [0, 0.1) is 31.3 Å². The Hall–Kier alpha value is -1.22. The molecule has 0 N–H and O–H groups in total. The summed E-state index contributed by atoms with van der Waals surface area (Å²) in [6.45, 7) is 0. The lowest BCUT2D eigenvalue weighted by molar-refractivity contribution is 0.234. The van der Waals surface area contributed by atoms with Crippen LogP contribution in [0.25, 0.3) is 0 Å². The fourth-order valence-corrected chi connectivity index (χ4v) is 1.93. The Labute approximate surface area is 109 Å². The minimum atomic E-state index is 0.745. The van der Waals surface area contributed by atoms with Crippen LogP contribution >= 0.6 is 0 Å². The van der Waals surface area contributed by atoms with Gasteiger partial charge in [-0.2, -0.15) is 0 Å². The molecular formula is C15H17O3. The van der Waals surface area contributed by atoms with Crippen molar-refractivity contribution in [2.75, 3.05) is 21.3 Å². The minimum absolute atomic E-state index is 0.745. The fourth-order valence-electron chi connectivity index (χ4n) is 1.93. The van der Waals surface area contributed by atoms with Gasteiger partial charge in [0.2, 0.25) is 0 Å². The van der Waals surface area contributed by atoms with E-state index < -0.39 is 0 Å². The molecule has 0 unspecified atom stereocenters. The maximum Gasteiger partial charge on any atom is 0.161 e. The molecule has 5 radical (unpaired) electrons. The molecule has 0 saturated heterocycles. The summed E-state index contributed by atoms with van der Waals surface area (Å²) in [4.78, 5) is 0. The van der Waals surface area contributed by atoms with E-state index in [-0.39, 0.29) is 0 Å². The third-order valence-corrected chi connectivity index (χ3v) is 2.96. The van der Waals surface area contributed by atoms with Gasteiger partial charge in [-0.25, -0.2) is 0 Å². The van der Waals surface area contributed by atoms with Crippen LogP contribution in [0.15, 0.2) is 18.2 Å². The second-order valence-corrected chi connectivity index (χ2v) is 3.94. The average molecular weight is 245 g/mol. The fraction of sp³-hybridized carbons (Fsp3) is 0.267. The van der Waals surface area contributed by atoms with E-state index in [0.29, 0.717) is 0 Å². The van der Waals surface area contributed by atoms with Crippen molar-refractivity contribution in [3.05, 3.63) is 55.0 Å². The molecule has 3 nitrogen and oxygen atoms in total. The highest BCUT2D eigenvalue weighted by Crippen LogP contribution is 2.37. The van der Waals surface area contributed by atoms with Crippen LogP contribution < -0.4 is 9.47 Å². The summed E-state index contributed by atoms with van der Waals surface area (Å²) in [5.74, 6) is 2.73. The molecule has 1 aromatic rings. The van der Waals surface area contributed by atoms with Crippen molar-refractivity contribution >= 4 is 0 Å². The monoisotopic (exact) mass is 245 g/mol. The highest BCUT2D eigenvalue weighted by molar-refractivity contribution is 5.51. The molecule has 0 atom stereocenters. The van der Waals surface area contributed by atoms with Gasteiger partial charge in [0.25, 0.3) is 0 Å². The third kappa shape index (κ3) is 2.78. The summed E-state index contributed by atoms with van der Waals surface area (Å²) in [7, 11) is 4.96. The molecule has 2 rings (SSSR count). The molecular weight excluding hydrogens is 228 g/mol. The first-order valence-corrected chi connectivity index (χ1v) is 5.79. The molecule has 95 valence electrons. The minimum Gasteiger partial charge on any atom is -0.493 e. The van der Waals surface area contributed by atoms with Gasteiger partial charge in [-0.1, -0.05) is 6.07 Å². The van der Waals surface area contributed by atoms with Gasteiger partial charge in [0, 0.05) is 19.4 Å². The Morgan fingerprint density at radius 2 is 1.67 bits per heavy atom. The molecule has 0 spiro atoms. The molecule has 0 aromatic heterocycles. The molecule has 0 heterocycles. The highest BCUT2D eigenvalue weighted by atomic mass is 16.5. The van der Waals surface area contributed by atoms with E-state index in [4.69, 9.17) is 14.2 Å². The third-order valence-electron chi connectivity index (χ3n) is 2.96. The standard InChI is InChI=1S/C15H17O3/c1-16-13-7-4-11(5-8-13)12-6-9-14(17-2)15(10-12)18-3/h4,6-10H,5H2,1-3H3. The van der Waals surface area contributed by atoms with E-state index >= 15 is 0 Å². The van der Waals surface area contributed by atoms with Crippen LogP contribution in [-0.4, -0.2) is 21.3 Å². The number of rotatable bonds is 4. The SMILES string of the molecule is CO[C]1[CH][CH][C](c2ccc(OC)c(OC)c2)C[CH]1. The maximum atomic E-state index is 5.31. The smallest absolute Gasteiger partial charge is 0.161 e. The molecule has 1 aromatic carbocycles. The van der Waals surface area contributed by atoms with Crippen molar-refractivity contribution in [1.82, 2.24) is 0 Å². The van der Waals surface area contributed by atoms with Crippen molar-refractivity contribution in [1.29, 1.82) is 0 Å². The van der Waals surface area contributed by atoms with E-state index in [9.17, 15) is 0 Å². The zero-order valence-corrected chi connectivity index (χ0v) is 10.9. The van der Waals surface area contributed by atoms with Crippen LogP contribution in [0.3, 0.4) is 0 Å². The van der Waals surface area contributed by atoms with Gasteiger partial charge in [-0.3, -0.25) is 0 Å². The molecule has 0 bridgehead atoms. The summed E-state index contributed by atoms with van der Waals surface area (Å²) in [6, 6.07) is 5.95. The molecule has 0 amide bonds. The number of methoxy groups -OCH3 is 3. The topological polar surface area (TPSA) is 27.7 Å². The number of ether oxygens (including phenoxy) is 3. The van der Waals surface area contributed by atoms with Gasteiger partial charge in [0.05, 0.1) is 14.2 Å². The molecule has 1 fully saturated rings. The zero-order valence-electron chi connectivity index (χ0n) is 10.9. The van der Waals surface area contributed by atoms with E-state index in [2.05, 4.69) is 12.8 Å². The first-order chi connectivity index (χ1) is 8.78. The van der Waals surface area contributed by atoms with Gasteiger partial charge in [0.1, 0.15) is 6.10 Å². The average Bonchev–Trinajstić information content (AvgIpc) is 2.46. The van der Waals surface area contributed by atoms with Crippen LogP contribution in [-0.2, 0) is 4.74 Å². The lowest BCUT2D eigenvalue weighted by Gasteiger charge is -2.26. The van der Waals surface area contributed by atoms with Crippen LogP contribution in [0.5, 0.6) is 11.5 Å². The van der Waals surface area contributed by atoms with Gasteiger partial charge in [0.15, 0.2) is 11.5 Å². The van der Waals surface area contributed by atoms with E-state index in [1.165, 1.54) is 5.92 Å². The summed E-state index contributed by atoms with van der Waals surface area (Å²) < 4.78 is 15.7. The highest BCUT2D eigenvalue weighted by Gasteiger charge is 2.24. The van der Waals surface area contributed by atoms with E-state index in [1.54, 1.807) is 21.3 Å². The van der Waals surface area contributed by atoms with Crippen molar-refractivity contribution < 1.29 is 14.2 Å². The summed E-state index contributed by atoms with van der Waals surface area (Å²) in [5.41, 5.74) is 1.13.